The van der Waals surface area contributed by atoms with E-state index in [4.69, 9.17) is 11.6 Å². The van der Waals surface area contributed by atoms with E-state index >= 15 is 0 Å². The number of nitrogens with one attached hydrogen (secondary N) is 2. The first-order chi connectivity index (χ1) is 9.02. The molecule has 19 heavy (non-hydrogen) atoms. The molecule has 3 amide bonds. The molecule has 0 saturated heterocycles. The van der Waals surface area contributed by atoms with Crippen molar-refractivity contribution in [1.82, 2.24) is 10.6 Å². The summed E-state index contributed by atoms with van der Waals surface area (Å²) < 4.78 is 12.9. The highest BCUT2D eigenvalue weighted by atomic mass is 35.5. The third-order valence-electron chi connectivity index (χ3n) is 2.05. The van der Waals surface area contributed by atoms with Gasteiger partial charge in [0, 0.05) is 11.4 Å². The Morgan fingerprint density at radius 2 is 2.16 bits per heavy atom. The Balaban J connectivity index is 2.37. The zero-order chi connectivity index (χ0) is 14.3. The van der Waals surface area contributed by atoms with Crippen molar-refractivity contribution in [3.63, 3.8) is 0 Å². The van der Waals surface area contributed by atoms with E-state index in [0.717, 1.165) is 6.42 Å². The van der Waals surface area contributed by atoms with Crippen LogP contribution in [0.25, 0.3) is 0 Å². The molecule has 0 heterocycles. The molecule has 0 unspecified atom stereocenters. The lowest BCUT2D eigenvalue weighted by atomic mass is 10.3. The molecule has 1 aromatic carbocycles. The van der Waals surface area contributed by atoms with Gasteiger partial charge in [0.05, 0.1) is 10.8 Å². The van der Waals surface area contributed by atoms with E-state index in [-0.39, 0.29) is 10.8 Å². The number of halogens is 2. The van der Waals surface area contributed by atoms with Gasteiger partial charge in [-0.2, -0.15) is 0 Å². The Morgan fingerprint density at radius 1 is 1.42 bits per heavy atom. The van der Waals surface area contributed by atoms with Gasteiger partial charge in [-0.05, 0) is 24.6 Å². The third kappa shape index (κ3) is 5.94. The molecule has 0 atom stereocenters. The molecule has 104 valence electrons. The lowest BCUT2D eigenvalue weighted by Gasteiger charge is -2.05. The largest absolute Gasteiger partial charge is 0.338 e. The summed E-state index contributed by atoms with van der Waals surface area (Å²) in [7, 11) is 0. The van der Waals surface area contributed by atoms with Crippen LogP contribution >= 0.6 is 23.4 Å². The molecule has 1 rings (SSSR count). The second-order valence-corrected chi connectivity index (χ2v) is 5.12. The monoisotopic (exact) mass is 304 g/mol. The molecular weight excluding hydrogens is 291 g/mol. The van der Waals surface area contributed by atoms with Crippen LogP contribution in [0.5, 0.6) is 0 Å². The Hall–Kier alpha value is -1.27. The van der Waals surface area contributed by atoms with Crippen molar-refractivity contribution in [3.05, 3.63) is 29.0 Å². The van der Waals surface area contributed by atoms with Crippen molar-refractivity contribution in [3.8, 4) is 0 Å². The summed E-state index contributed by atoms with van der Waals surface area (Å²) in [6.45, 7) is 2.43. The molecule has 4 nitrogen and oxygen atoms in total. The third-order valence-corrected chi connectivity index (χ3v) is 3.33. The summed E-state index contributed by atoms with van der Waals surface area (Å²) in [5, 5.41) is 4.73. The molecule has 2 N–H and O–H groups in total. The summed E-state index contributed by atoms with van der Waals surface area (Å²) in [5.41, 5.74) is 0. The molecule has 0 aromatic heterocycles. The number of rotatable bonds is 5. The zero-order valence-corrected chi connectivity index (χ0v) is 11.9. The number of imide groups is 1. The number of amides is 3. The first-order valence-electron chi connectivity index (χ1n) is 5.68. The number of benzene rings is 1. The van der Waals surface area contributed by atoms with Crippen LogP contribution in [-0.2, 0) is 4.79 Å². The van der Waals surface area contributed by atoms with Crippen LogP contribution < -0.4 is 10.6 Å². The fraction of sp³-hybridized carbons (Fsp3) is 0.333. The molecule has 0 spiro atoms. The van der Waals surface area contributed by atoms with Gasteiger partial charge in [0.1, 0.15) is 5.82 Å². The molecule has 0 bridgehead atoms. The molecule has 0 aliphatic carbocycles. The van der Waals surface area contributed by atoms with Crippen LogP contribution in [0.15, 0.2) is 23.1 Å². The maximum Gasteiger partial charge on any atom is 0.321 e. The van der Waals surface area contributed by atoms with Gasteiger partial charge in [0.25, 0.3) is 0 Å². The van der Waals surface area contributed by atoms with Crippen molar-refractivity contribution in [2.75, 3.05) is 12.3 Å². The molecule has 0 saturated carbocycles. The standard InChI is InChI=1S/C12H14ClFN2O2S/c1-2-5-15-12(18)16-11(17)7-19-8-3-4-10(14)9(13)6-8/h3-4,6H,2,5,7H2,1H3,(H2,15,16,17,18). The van der Waals surface area contributed by atoms with Crippen molar-refractivity contribution >= 4 is 35.3 Å². The Labute approximate surface area is 120 Å². The number of urea groups is 1. The van der Waals surface area contributed by atoms with Crippen molar-refractivity contribution < 1.29 is 14.0 Å². The highest BCUT2D eigenvalue weighted by molar-refractivity contribution is 8.00. The zero-order valence-electron chi connectivity index (χ0n) is 10.3. The van der Waals surface area contributed by atoms with E-state index in [1.54, 1.807) is 0 Å². The molecule has 0 fully saturated rings. The predicted octanol–water partition coefficient (Wildman–Crippen LogP) is 2.81. The first kappa shape index (κ1) is 15.8. The summed E-state index contributed by atoms with van der Waals surface area (Å²) in [6, 6.07) is 3.68. The smallest absolute Gasteiger partial charge is 0.321 e. The molecule has 1 aromatic rings. The van der Waals surface area contributed by atoms with E-state index in [1.807, 2.05) is 6.92 Å². The van der Waals surface area contributed by atoms with Crippen molar-refractivity contribution in [1.29, 1.82) is 0 Å². The molecule has 0 radical (unpaired) electrons. The normalized spacial score (nSPS) is 10.1. The first-order valence-corrected chi connectivity index (χ1v) is 7.04. The highest BCUT2D eigenvalue weighted by Gasteiger charge is 2.08. The number of carbonyl (C=O) groups is 2. The molecule has 0 aliphatic rings. The quantitative estimate of drug-likeness (QED) is 0.822. The van der Waals surface area contributed by atoms with E-state index in [2.05, 4.69) is 10.6 Å². The van der Waals surface area contributed by atoms with Gasteiger partial charge >= 0.3 is 6.03 Å². The average Bonchev–Trinajstić information content (AvgIpc) is 2.38. The van der Waals surface area contributed by atoms with Gasteiger partial charge in [-0.3, -0.25) is 10.1 Å². The van der Waals surface area contributed by atoms with Gasteiger partial charge in [-0.15, -0.1) is 11.8 Å². The van der Waals surface area contributed by atoms with Crippen molar-refractivity contribution in [2.45, 2.75) is 18.2 Å². The minimum absolute atomic E-state index is 0.00565. The van der Waals surface area contributed by atoms with Gasteiger partial charge < -0.3 is 5.32 Å². The molecule has 0 aliphatic heterocycles. The highest BCUT2D eigenvalue weighted by Crippen LogP contribution is 2.23. The summed E-state index contributed by atoms with van der Waals surface area (Å²) >= 11 is 6.79. The Kier molecular flexibility index (Phi) is 6.66. The summed E-state index contributed by atoms with van der Waals surface area (Å²) in [6.07, 6.45) is 0.796. The molecule has 7 heteroatoms. The van der Waals surface area contributed by atoms with E-state index in [1.165, 1.54) is 30.0 Å². The SMILES string of the molecule is CCCNC(=O)NC(=O)CSc1ccc(F)c(Cl)c1. The predicted molar refractivity (Wildman–Crippen MR) is 74.0 cm³/mol. The van der Waals surface area contributed by atoms with Crippen LogP contribution in [0.1, 0.15) is 13.3 Å². The van der Waals surface area contributed by atoms with E-state index < -0.39 is 17.8 Å². The van der Waals surface area contributed by atoms with Crippen LogP contribution in [-0.4, -0.2) is 24.2 Å². The molecular formula is C12H14ClFN2O2S. The second kappa shape index (κ2) is 8.01. The number of carbonyl (C=O) groups excluding carboxylic acids is 2. The Morgan fingerprint density at radius 3 is 2.79 bits per heavy atom. The summed E-state index contributed by atoms with van der Waals surface area (Å²) in [5.74, 6) is -0.866. The van der Waals surface area contributed by atoms with Crippen molar-refractivity contribution in [2.24, 2.45) is 0 Å². The van der Waals surface area contributed by atoms with E-state index in [9.17, 15) is 14.0 Å². The topological polar surface area (TPSA) is 58.2 Å². The fourth-order valence-corrected chi connectivity index (χ4v) is 2.14. The second-order valence-electron chi connectivity index (χ2n) is 3.67. The Bertz CT molecular complexity index is 471. The van der Waals surface area contributed by atoms with Gasteiger partial charge in [0.15, 0.2) is 0 Å². The lowest BCUT2D eigenvalue weighted by Crippen LogP contribution is -2.40. The number of hydrogen-bond donors (Lipinski definition) is 2. The lowest BCUT2D eigenvalue weighted by molar-refractivity contribution is -0.117. The average molecular weight is 305 g/mol. The minimum Gasteiger partial charge on any atom is -0.338 e. The van der Waals surface area contributed by atoms with Gasteiger partial charge in [0.2, 0.25) is 5.91 Å². The van der Waals surface area contributed by atoms with E-state index in [0.29, 0.717) is 11.4 Å². The van der Waals surface area contributed by atoms with Gasteiger partial charge in [-0.25, -0.2) is 9.18 Å². The van der Waals surface area contributed by atoms with Crippen LogP contribution in [0.2, 0.25) is 5.02 Å². The van der Waals surface area contributed by atoms with Crippen LogP contribution in [0, 0.1) is 5.82 Å². The maximum absolute atomic E-state index is 12.9. The van der Waals surface area contributed by atoms with Crippen LogP contribution in [0.3, 0.4) is 0 Å². The number of thioether (sulfide) groups is 1. The minimum atomic E-state index is -0.510. The maximum atomic E-state index is 12.9. The number of hydrogen-bond acceptors (Lipinski definition) is 3. The summed E-state index contributed by atoms with van der Waals surface area (Å²) in [4.78, 5) is 23.3. The van der Waals surface area contributed by atoms with Gasteiger partial charge in [-0.1, -0.05) is 18.5 Å². The fourth-order valence-electron chi connectivity index (χ4n) is 1.16. The van der Waals surface area contributed by atoms with Crippen LogP contribution in [0.4, 0.5) is 9.18 Å².